The minimum Gasteiger partial charge on any atom is -0.486 e. The average Bonchev–Trinajstić information content (AvgIpc) is 2.46. The van der Waals surface area contributed by atoms with Gasteiger partial charge in [0.25, 0.3) is 5.91 Å². The smallest absolute Gasteiger partial charge is 0.251 e. The number of benzene rings is 1. The van der Waals surface area contributed by atoms with Crippen LogP contribution in [0.5, 0.6) is 11.5 Å². The van der Waals surface area contributed by atoms with E-state index in [1.54, 1.807) is 18.2 Å². The monoisotopic (exact) mass is 291 g/mol. The Morgan fingerprint density at radius 1 is 1.10 bits per heavy atom. The molecule has 0 atom stereocenters. The average molecular weight is 291 g/mol. The molecule has 2 rings (SSSR count). The van der Waals surface area contributed by atoms with Gasteiger partial charge >= 0.3 is 0 Å². The van der Waals surface area contributed by atoms with Crippen LogP contribution in [0.4, 0.5) is 0 Å². The van der Waals surface area contributed by atoms with Crippen LogP contribution in [-0.4, -0.2) is 25.7 Å². The Hall–Kier alpha value is -1.71. The Morgan fingerprint density at radius 2 is 1.71 bits per heavy atom. The van der Waals surface area contributed by atoms with Crippen molar-refractivity contribution in [1.82, 2.24) is 5.32 Å². The van der Waals surface area contributed by atoms with E-state index in [0.29, 0.717) is 54.6 Å². The molecule has 4 heteroatoms. The molecule has 0 fully saturated rings. The van der Waals surface area contributed by atoms with Gasteiger partial charge in [0, 0.05) is 12.1 Å². The highest BCUT2D eigenvalue weighted by Crippen LogP contribution is 2.30. The number of hydrogen-bond donors (Lipinski definition) is 1. The summed E-state index contributed by atoms with van der Waals surface area (Å²) in [7, 11) is 0. The van der Waals surface area contributed by atoms with Gasteiger partial charge in [-0.05, 0) is 36.0 Å². The van der Waals surface area contributed by atoms with Crippen molar-refractivity contribution >= 4 is 5.91 Å². The molecule has 116 valence electrons. The zero-order chi connectivity index (χ0) is 15.4. The van der Waals surface area contributed by atoms with Crippen LogP contribution in [0.1, 0.15) is 38.1 Å². The highest BCUT2D eigenvalue weighted by atomic mass is 16.6. The molecule has 1 aliphatic rings. The molecule has 21 heavy (non-hydrogen) atoms. The molecule has 0 unspecified atom stereocenters. The van der Waals surface area contributed by atoms with Gasteiger partial charge in [0.2, 0.25) is 0 Å². The van der Waals surface area contributed by atoms with Crippen molar-refractivity contribution in [3.63, 3.8) is 0 Å². The number of carbonyl (C=O) groups is 1. The second-order valence-corrected chi connectivity index (χ2v) is 6.22. The summed E-state index contributed by atoms with van der Waals surface area (Å²) in [5, 5.41) is 3.03. The highest BCUT2D eigenvalue weighted by molar-refractivity contribution is 5.94. The maximum atomic E-state index is 12.3. The van der Waals surface area contributed by atoms with E-state index >= 15 is 0 Å². The van der Waals surface area contributed by atoms with Gasteiger partial charge in [-0.2, -0.15) is 0 Å². The SMILES string of the molecule is CC(C)C(CNC(=O)c1ccc2c(c1)OCCO2)C(C)C. The summed E-state index contributed by atoms with van der Waals surface area (Å²) in [6.07, 6.45) is 0. The minimum atomic E-state index is -0.0572. The molecule has 1 aromatic carbocycles. The second-order valence-electron chi connectivity index (χ2n) is 6.22. The molecule has 0 aliphatic carbocycles. The van der Waals surface area contributed by atoms with E-state index in [0.717, 1.165) is 0 Å². The summed E-state index contributed by atoms with van der Waals surface area (Å²) in [4.78, 5) is 12.3. The Morgan fingerprint density at radius 3 is 2.33 bits per heavy atom. The molecule has 1 amide bonds. The molecule has 0 spiro atoms. The highest BCUT2D eigenvalue weighted by Gasteiger charge is 2.19. The number of hydrogen-bond acceptors (Lipinski definition) is 3. The van der Waals surface area contributed by atoms with Crippen LogP contribution in [0.2, 0.25) is 0 Å². The van der Waals surface area contributed by atoms with Gasteiger partial charge in [-0.1, -0.05) is 27.7 Å². The van der Waals surface area contributed by atoms with E-state index in [2.05, 4.69) is 33.0 Å². The number of fused-ring (bicyclic) bond motifs is 1. The molecule has 0 saturated carbocycles. The van der Waals surface area contributed by atoms with Crippen molar-refractivity contribution in [3.8, 4) is 11.5 Å². The topological polar surface area (TPSA) is 47.6 Å². The van der Waals surface area contributed by atoms with Gasteiger partial charge < -0.3 is 14.8 Å². The van der Waals surface area contributed by atoms with Gasteiger partial charge in [-0.15, -0.1) is 0 Å². The van der Waals surface area contributed by atoms with E-state index in [-0.39, 0.29) is 5.91 Å². The first kappa shape index (κ1) is 15.7. The molecule has 1 aromatic rings. The molecule has 0 radical (unpaired) electrons. The van der Waals surface area contributed by atoms with E-state index in [4.69, 9.17) is 9.47 Å². The normalized spacial score (nSPS) is 13.9. The summed E-state index contributed by atoms with van der Waals surface area (Å²) in [5.74, 6) is 2.87. The first-order valence-electron chi connectivity index (χ1n) is 7.67. The number of ether oxygens (including phenoxy) is 2. The third-order valence-corrected chi connectivity index (χ3v) is 4.02. The Balaban J connectivity index is 2.00. The fourth-order valence-corrected chi connectivity index (χ4v) is 2.74. The summed E-state index contributed by atoms with van der Waals surface area (Å²) in [5.41, 5.74) is 0.616. The molecular weight excluding hydrogens is 266 g/mol. The maximum absolute atomic E-state index is 12.3. The fourth-order valence-electron chi connectivity index (χ4n) is 2.74. The Bertz CT molecular complexity index is 489. The van der Waals surface area contributed by atoms with E-state index in [9.17, 15) is 4.79 Å². The Labute approximate surface area is 126 Å². The molecule has 1 aliphatic heterocycles. The van der Waals surface area contributed by atoms with Gasteiger partial charge in [0.15, 0.2) is 11.5 Å². The number of carbonyl (C=O) groups excluding carboxylic acids is 1. The summed E-state index contributed by atoms with van der Waals surface area (Å²) in [6.45, 7) is 10.6. The molecule has 0 saturated heterocycles. The van der Waals surface area contributed by atoms with Gasteiger partial charge in [0.05, 0.1) is 0 Å². The second kappa shape index (κ2) is 6.83. The van der Waals surface area contributed by atoms with Gasteiger partial charge in [-0.3, -0.25) is 4.79 Å². The Kier molecular flexibility index (Phi) is 5.10. The van der Waals surface area contributed by atoms with Crippen LogP contribution in [0.15, 0.2) is 18.2 Å². The van der Waals surface area contributed by atoms with Crippen LogP contribution in [0.3, 0.4) is 0 Å². The lowest BCUT2D eigenvalue weighted by Crippen LogP contribution is -2.34. The number of nitrogens with one attached hydrogen (secondary N) is 1. The first-order valence-corrected chi connectivity index (χ1v) is 7.67. The maximum Gasteiger partial charge on any atom is 0.251 e. The zero-order valence-electron chi connectivity index (χ0n) is 13.3. The summed E-state index contributed by atoms with van der Waals surface area (Å²) in [6, 6.07) is 5.33. The minimum absolute atomic E-state index is 0.0572. The number of amides is 1. The summed E-state index contributed by atoms with van der Waals surface area (Å²) >= 11 is 0. The fraction of sp³-hybridized carbons (Fsp3) is 0.588. The standard InChI is InChI=1S/C17H25NO3/c1-11(2)14(12(3)4)10-18-17(19)13-5-6-15-16(9-13)21-8-7-20-15/h5-6,9,11-12,14H,7-8,10H2,1-4H3,(H,18,19). The first-order chi connectivity index (χ1) is 9.99. The van der Waals surface area contributed by atoms with Crippen molar-refractivity contribution in [2.75, 3.05) is 19.8 Å². The number of rotatable bonds is 5. The van der Waals surface area contributed by atoms with E-state index < -0.39 is 0 Å². The van der Waals surface area contributed by atoms with Crippen LogP contribution >= 0.6 is 0 Å². The van der Waals surface area contributed by atoms with Crippen LogP contribution < -0.4 is 14.8 Å². The molecule has 1 heterocycles. The lowest BCUT2D eigenvalue weighted by atomic mass is 9.85. The van der Waals surface area contributed by atoms with Crippen molar-refractivity contribution in [2.24, 2.45) is 17.8 Å². The van der Waals surface area contributed by atoms with Crippen molar-refractivity contribution in [3.05, 3.63) is 23.8 Å². The van der Waals surface area contributed by atoms with Crippen molar-refractivity contribution < 1.29 is 14.3 Å². The third-order valence-electron chi connectivity index (χ3n) is 4.02. The molecule has 1 N–H and O–H groups in total. The molecule has 0 bridgehead atoms. The van der Waals surface area contributed by atoms with Crippen LogP contribution in [0, 0.1) is 17.8 Å². The molecule has 4 nitrogen and oxygen atoms in total. The van der Waals surface area contributed by atoms with Crippen molar-refractivity contribution in [2.45, 2.75) is 27.7 Å². The zero-order valence-corrected chi connectivity index (χ0v) is 13.3. The lowest BCUT2D eigenvalue weighted by molar-refractivity contribution is 0.0936. The lowest BCUT2D eigenvalue weighted by Gasteiger charge is -2.25. The third kappa shape index (κ3) is 3.90. The predicted molar refractivity (Wildman–Crippen MR) is 82.9 cm³/mol. The van der Waals surface area contributed by atoms with Gasteiger partial charge in [-0.25, -0.2) is 0 Å². The van der Waals surface area contributed by atoms with Crippen molar-refractivity contribution in [1.29, 1.82) is 0 Å². The van der Waals surface area contributed by atoms with Crippen LogP contribution in [0.25, 0.3) is 0 Å². The quantitative estimate of drug-likeness (QED) is 0.906. The largest absolute Gasteiger partial charge is 0.486 e. The van der Waals surface area contributed by atoms with Crippen LogP contribution in [-0.2, 0) is 0 Å². The predicted octanol–water partition coefficient (Wildman–Crippen LogP) is 3.12. The van der Waals surface area contributed by atoms with Gasteiger partial charge in [0.1, 0.15) is 13.2 Å². The summed E-state index contributed by atoms with van der Waals surface area (Å²) < 4.78 is 11.0. The molecule has 0 aromatic heterocycles. The van der Waals surface area contributed by atoms with E-state index in [1.807, 2.05) is 0 Å². The molecular formula is C17H25NO3. The van der Waals surface area contributed by atoms with E-state index in [1.165, 1.54) is 0 Å².